The maximum Gasteiger partial charge on any atom is 0.161 e. The van der Waals surface area contributed by atoms with Crippen LogP contribution in [0.1, 0.15) is 5.56 Å². The molecule has 0 fully saturated rings. The van der Waals surface area contributed by atoms with Gasteiger partial charge >= 0.3 is 0 Å². The van der Waals surface area contributed by atoms with Crippen LogP contribution < -0.4 is 14.8 Å². The van der Waals surface area contributed by atoms with E-state index in [1.807, 2.05) is 30.5 Å². The molecule has 0 unspecified atom stereocenters. The van der Waals surface area contributed by atoms with Crippen LogP contribution >= 0.6 is 27.7 Å². The number of methoxy groups -OCH3 is 2. The lowest BCUT2D eigenvalue weighted by Crippen LogP contribution is -2.03. The number of nitrogens with zero attached hydrogens (tertiary/aromatic N) is 1. The lowest BCUT2D eigenvalue weighted by atomic mass is 10.2. The third-order valence-corrected chi connectivity index (χ3v) is 4.47. The van der Waals surface area contributed by atoms with E-state index in [2.05, 4.69) is 26.2 Å². The molecule has 2 rings (SSSR count). The first-order valence-corrected chi connectivity index (χ1v) is 8.34. The van der Waals surface area contributed by atoms with Crippen LogP contribution in [0.4, 0.5) is 5.69 Å². The second kappa shape index (κ2) is 7.56. The minimum Gasteiger partial charge on any atom is -0.493 e. The van der Waals surface area contributed by atoms with Crippen LogP contribution in [0.5, 0.6) is 11.5 Å². The summed E-state index contributed by atoms with van der Waals surface area (Å²) in [6.07, 6.45) is 3.80. The van der Waals surface area contributed by atoms with Gasteiger partial charge in [-0.25, -0.2) is 4.98 Å². The molecule has 2 aromatic rings. The zero-order valence-corrected chi connectivity index (χ0v) is 14.5. The summed E-state index contributed by atoms with van der Waals surface area (Å²) in [5.74, 6) is 1.48. The van der Waals surface area contributed by atoms with Gasteiger partial charge in [0.25, 0.3) is 0 Å². The van der Waals surface area contributed by atoms with Crippen molar-refractivity contribution in [3.63, 3.8) is 0 Å². The molecule has 1 aromatic carbocycles. The summed E-state index contributed by atoms with van der Waals surface area (Å²) in [5.41, 5.74) is 2.11. The summed E-state index contributed by atoms with van der Waals surface area (Å²) in [6.45, 7) is 0.681. The summed E-state index contributed by atoms with van der Waals surface area (Å²) in [6, 6.07) is 7.88. The van der Waals surface area contributed by atoms with E-state index in [1.54, 1.807) is 32.2 Å². The molecule has 0 bridgehead atoms. The number of aromatic nitrogens is 1. The second-order valence-electron chi connectivity index (χ2n) is 4.21. The topological polar surface area (TPSA) is 43.4 Å². The molecule has 0 aliphatic rings. The van der Waals surface area contributed by atoms with Gasteiger partial charge in [0, 0.05) is 17.6 Å². The highest BCUT2D eigenvalue weighted by atomic mass is 79.9. The van der Waals surface area contributed by atoms with Gasteiger partial charge in [-0.05, 0) is 52.0 Å². The Hall–Kier alpha value is -1.40. The SMILES string of the molecule is COc1cc(CNc2cccnc2Br)c(SC)cc1OC. The van der Waals surface area contributed by atoms with Gasteiger partial charge in [0.15, 0.2) is 11.5 Å². The molecule has 1 N–H and O–H groups in total. The Labute approximate surface area is 137 Å². The quantitative estimate of drug-likeness (QED) is 0.611. The van der Waals surface area contributed by atoms with Crippen LogP contribution in [-0.4, -0.2) is 25.5 Å². The van der Waals surface area contributed by atoms with E-state index >= 15 is 0 Å². The Morgan fingerprint density at radius 3 is 2.57 bits per heavy atom. The summed E-state index contributed by atoms with van der Waals surface area (Å²) in [7, 11) is 3.29. The van der Waals surface area contributed by atoms with Crippen molar-refractivity contribution in [3.8, 4) is 11.5 Å². The molecular formula is C15H17BrN2O2S. The monoisotopic (exact) mass is 368 g/mol. The summed E-state index contributed by atoms with van der Waals surface area (Å²) < 4.78 is 11.5. The van der Waals surface area contributed by atoms with E-state index in [4.69, 9.17) is 9.47 Å². The van der Waals surface area contributed by atoms with Gasteiger partial charge in [-0.2, -0.15) is 0 Å². The number of pyridine rings is 1. The zero-order valence-electron chi connectivity index (χ0n) is 12.1. The average molecular weight is 369 g/mol. The number of rotatable bonds is 6. The summed E-state index contributed by atoms with van der Waals surface area (Å²) in [5, 5.41) is 3.37. The minimum absolute atomic E-state index is 0.681. The van der Waals surface area contributed by atoms with E-state index in [0.717, 1.165) is 32.2 Å². The number of thioether (sulfide) groups is 1. The Morgan fingerprint density at radius 2 is 1.95 bits per heavy atom. The molecule has 0 saturated carbocycles. The molecule has 0 spiro atoms. The van der Waals surface area contributed by atoms with Crippen LogP contribution in [-0.2, 0) is 6.54 Å². The smallest absolute Gasteiger partial charge is 0.161 e. The predicted molar refractivity (Wildman–Crippen MR) is 90.6 cm³/mol. The van der Waals surface area contributed by atoms with Crippen LogP contribution in [0.15, 0.2) is 40.0 Å². The highest BCUT2D eigenvalue weighted by Crippen LogP contribution is 2.35. The molecule has 0 saturated heterocycles. The van der Waals surface area contributed by atoms with Crippen molar-refractivity contribution < 1.29 is 9.47 Å². The van der Waals surface area contributed by atoms with Gasteiger partial charge in [-0.3, -0.25) is 0 Å². The Bertz CT molecular complexity index is 623. The molecule has 0 aliphatic heterocycles. The number of nitrogens with one attached hydrogen (secondary N) is 1. The number of hydrogen-bond donors (Lipinski definition) is 1. The van der Waals surface area contributed by atoms with Crippen LogP contribution in [0, 0.1) is 0 Å². The maximum atomic E-state index is 5.37. The van der Waals surface area contributed by atoms with Crippen molar-refractivity contribution >= 4 is 33.4 Å². The molecule has 6 heteroatoms. The van der Waals surface area contributed by atoms with Crippen molar-refractivity contribution in [3.05, 3.63) is 40.6 Å². The molecule has 0 radical (unpaired) electrons. The van der Waals surface area contributed by atoms with E-state index < -0.39 is 0 Å². The highest BCUT2D eigenvalue weighted by molar-refractivity contribution is 9.10. The molecule has 1 aromatic heterocycles. The molecule has 112 valence electrons. The molecule has 0 aliphatic carbocycles. The van der Waals surface area contributed by atoms with E-state index in [-0.39, 0.29) is 0 Å². The molecule has 4 nitrogen and oxygen atoms in total. The summed E-state index contributed by atoms with van der Waals surface area (Å²) >= 11 is 5.11. The Morgan fingerprint density at radius 1 is 1.24 bits per heavy atom. The maximum absolute atomic E-state index is 5.37. The third-order valence-electron chi connectivity index (χ3n) is 3.01. The number of halogens is 1. The van der Waals surface area contributed by atoms with Gasteiger partial charge in [0.05, 0.1) is 19.9 Å². The van der Waals surface area contributed by atoms with Crippen LogP contribution in [0.2, 0.25) is 0 Å². The van der Waals surface area contributed by atoms with Gasteiger partial charge in [-0.1, -0.05) is 0 Å². The fraction of sp³-hybridized carbons (Fsp3) is 0.267. The number of hydrogen-bond acceptors (Lipinski definition) is 5. The Balaban J connectivity index is 2.25. The number of anilines is 1. The van der Waals surface area contributed by atoms with E-state index in [1.165, 1.54) is 0 Å². The van der Waals surface area contributed by atoms with Crippen molar-refractivity contribution in [2.45, 2.75) is 11.4 Å². The van der Waals surface area contributed by atoms with Crippen LogP contribution in [0.3, 0.4) is 0 Å². The number of ether oxygens (including phenoxy) is 2. The molecule has 1 heterocycles. The highest BCUT2D eigenvalue weighted by Gasteiger charge is 2.11. The minimum atomic E-state index is 0.681. The standard InChI is InChI=1S/C15H17BrN2O2S/c1-19-12-7-10(14(21-3)8-13(12)20-2)9-18-11-5-4-6-17-15(11)16/h4-8,18H,9H2,1-3H3. The zero-order chi connectivity index (χ0) is 15.2. The molecule has 21 heavy (non-hydrogen) atoms. The fourth-order valence-corrected chi connectivity index (χ4v) is 2.95. The van der Waals surface area contributed by atoms with Crippen molar-refractivity contribution in [1.82, 2.24) is 4.98 Å². The van der Waals surface area contributed by atoms with Gasteiger partial charge in [0.1, 0.15) is 4.60 Å². The first-order valence-electron chi connectivity index (χ1n) is 6.33. The number of benzene rings is 1. The van der Waals surface area contributed by atoms with E-state index in [0.29, 0.717) is 6.54 Å². The Kier molecular flexibility index (Phi) is 5.76. The first kappa shape index (κ1) is 16.0. The first-order chi connectivity index (χ1) is 10.2. The molecule has 0 atom stereocenters. The predicted octanol–water partition coefficient (Wildman–Crippen LogP) is 4.20. The third kappa shape index (κ3) is 3.83. The lowest BCUT2D eigenvalue weighted by molar-refractivity contribution is 0.353. The van der Waals surface area contributed by atoms with E-state index in [9.17, 15) is 0 Å². The molecule has 0 amide bonds. The largest absolute Gasteiger partial charge is 0.493 e. The van der Waals surface area contributed by atoms with Gasteiger partial charge in [-0.15, -0.1) is 11.8 Å². The van der Waals surface area contributed by atoms with Gasteiger partial charge < -0.3 is 14.8 Å². The fourth-order valence-electron chi connectivity index (χ4n) is 1.94. The lowest BCUT2D eigenvalue weighted by Gasteiger charge is -2.15. The van der Waals surface area contributed by atoms with Crippen molar-refractivity contribution in [1.29, 1.82) is 0 Å². The van der Waals surface area contributed by atoms with Crippen molar-refractivity contribution in [2.24, 2.45) is 0 Å². The van der Waals surface area contributed by atoms with Crippen molar-refractivity contribution in [2.75, 3.05) is 25.8 Å². The van der Waals surface area contributed by atoms with Crippen LogP contribution in [0.25, 0.3) is 0 Å². The normalized spacial score (nSPS) is 10.3. The molecular weight excluding hydrogens is 352 g/mol. The van der Waals surface area contributed by atoms with Gasteiger partial charge in [0.2, 0.25) is 0 Å². The average Bonchev–Trinajstić information content (AvgIpc) is 2.53. The summed E-state index contributed by atoms with van der Waals surface area (Å²) in [4.78, 5) is 5.35. The second-order valence-corrected chi connectivity index (χ2v) is 5.81.